The van der Waals surface area contributed by atoms with E-state index < -0.39 is 0 Å². The minimum Gasteiger partial charge on any atom is -0.397 e. The maximum absolute atomic E-state index is 11.8. The number of amides is 1. The molecule has 0 aliphatic carbocycles. The number of rotatable bonds is 4. The molecule has 2 rings (SSSR count). The molecule has 100 valence electrons. The summed E-state index contributed by atoms with van der Waals surface area (Å²) < 4.78 is 0. The van der Waals surface area contributed by atoms with Crippen molar-refractivity contribution in [3.05, 3.63) is 35.8 Å². The van der Waals surface area contributed by atoms with Crippen molar-refractivity contribution < 1.29 is 4.79 Å². The Hall–Kier alpha value is -2.37. The smallest absolute Gasteiger partial charge is 0.231 e. The van der Waals surface area contributed by atoms with Crippen molar-refractivity contribution in [2.75, 3.05) is 11.1 Å². The van der Waals surface area contributed by atoms with Gasteiger partial charge in [0.2, 0.25) is 5.91 Å². The van der Waals surface area contributed by atoms with Crippen LogP contribution in [-0.4, -0.2) is 21.1 Å². The number of nitrogen functional groups attached to an aromatic ring is 1. The number of H-pyrrole nitrogens is 1. The highest BCUT2D eigenvalue weighted by Crippen LogP contribution is 2.14. The van der Waals surface area contributed by atoms with Gasteiger partial charge < -0.3 is 11.1 Å². The van der Waals surface area contributed by atoms with Gasteiger partial charge in [0.05, 0.1) is 18.3 Å². The summed E-state index contributed by atoms with van der Waals surface area (Å²) in [5.74, 6) is 0.722. The quantitative estimate of drug-likeness (QED) is 0.778. The van der Waals surface area contributed by atoms with Crippen molar-refractivity contribution in [1.82, 2.24) is 15.2 Å². The number of hydrogen-bond donors (Lipinski definition) is 3. The molecule has 19 heavy (non-hydrogen) atoms. The van der Waals surface area contributed by atoms with Gasteiger partial charge in [-0.3, -0.25) is 14.9 Å². The molecule has 1 amide bonds. The molecule has 0 atom stereocenters. The first-order chi connectivity index (χ1) is 9.04. The van der Waals surface area contributed by atoms with Crippen LogP contribution in [0.5, 0.6) is 0 Å². The molecule has 6 heteroatoms. The molecular weight excluding hydrogens is 242 g/mol. The second kappa shape index (κ2) is 5.51. The van der Waals surface area contributed by atoms with Gasteiger partial charge in [-0.2, -0.15) is 5.10 Å². The van der Waals surface area contributed by atoms with Crippen LogP contribution in [0.4, 0.5) is 11.5 Å². The Morgan fingerprint density at radius 3 is 2.84 bits per heavy atom. The molecule has 0 aliphatic heterocycles. The third-order valence-corrected chi connectivity index (χ3v) is 2.68. The van der Waals surface area contributed by atoms with E-state index in [1.54, 1.807) is 12.1 Å². The van der Waals surface area contributed by atoms with Gasteiger partial charge in [-0.25, -0.2) is 0 Å². The predicted molar refractivity (Wildman–Crippen MR) is 73.7 cm³/mol. The summed E-state index contributed by atoms with van der Waals surface area (Å²) in [7, 11) is 0. The van der Waals surface area contributed by atoms with Gasteiger partial charge in [0.1, 0.15) is 0 Å². The Morgan fingerprint density at radius 2 is 2.26 bits per heavy atom. The third kappa shape index (κ3) is 3.54. The number of nitrogens with zero attached hydrogens (tertiary/aromatic N) is 2. The van der Waals surface area contributed by atoms with Crippen molar-refractivity contribution >= 4 is 17.4 Å². The molecular formula is C13H17N5O. The van der Waals surface area contributed by atoms with Gasteiger partial charge in [0, 0.05) is 17.5 Å². The first-order valence-corrected chi connectivity index (χ1v) is 6.10. The Bertz CT molecular complexity index is 559. The lowest BCUT2D eigenvalue weighted by Crippen LogP contribution is -2.15. The number of pyridine rings is 1. The predicted octanol–water partition coefficient (Wildman–Crippen LogP) is 1.69. The highest BCUT2D eigenvalue weighted by atomic mass is 16.1. The SMILES string of the molecule is CC(C)c1cc(NC(=O)Cc2ccc(N)cn2)n[nH]1. The number of carbonyl (C=O) groups is 1. The van der Waals surface area contributed by atoms with Crippen molar-refractivity contribution in [2.45, 2.75) is 26.2 Å². The van der Waals surface area contributed by atoms with E-state index >= 15 is 0 Å². The van der Waals surface area contributed by atoms with Gasteiger partial charge in [0.15, 0.2) is 5.82 Å². The largest absolute Gasteiger partial charge is 0.397 e. The van der Waals surface area contributed by atoms with E-state index in [0.29, 0.717) is 23.1 Å². The van der Waals surface area contributed by atoms with E-state index in [4.69, 9.17) is 5.73 Å². The highest BCUT2D eigenvalue weighted by Gasteiger charge is 2.09. The number of anilines is 2. The van der Waals surface area contributed by atoms with Crippen LogP contribution >= 0.6 is 0 Å². The van der Waals surface area contributed by atoms with Crippen molar-refractivity contribution in [3.63, 3.8) is 0 Å². The molecule has 0 radical (unpaired) electrons. The molecule has 6 nitrogen and oxygen atoms in total. The average molecular weight is 259 g/mol. The van der Waals surface area contributed by atoms with E-state index in [1.807, 2.05) is 6.07 Å². The normalized spacial score (nSPS) is 10.7. The summed E-state index contributed by atoms with van der Waals surface area (Å²) in [5, 5.41) is 9.65. The van der Waals surface area contributed by atoms with Crippen LogP contribution in [0.2, 0.25) is 0 Å². The van der Waals surface area contributed by atoms with Crippen LogP contribution in [0.15, 0.2) is 24.4 Å². The molecule has 0 saturated heterocycles. The van der Waals surface area contributed by atoms with E-state index in [1.165, 1.54) is 6.20 Å². The number of carbonyl (C=O) groups excluding carboxylic acids is 1. The van der Waals surface area contributed by atoms with Gasteiger partial charge in [0.25, 0.3) is 0 Å². The van der Waals surface area contributed by atoms with Crippen LogP contribution in [0.1, 0.15) is 31.2 Å². The lowest BCUT2D eigenvalue weighted by Gasteiger charge is -2.02. The second-order valence-electron chi connectivity index (χ2n) is 4.67. The first kappa shape index (κ1) is 13.1. The van der Waals surface area contributed by atoms with E-state index in [-0.39, 0.29) is 12.3 Å². The Kier molecular flexibility index (Phi) is 3.79. The molecule has 0 fully saturated rings. The molecule has 0 spiro atoms. The molecule has 2 aromatic heterocycles. The molecule has 0 aliphatic rings. The molecule has 0 unspecified atom stereocenters. The zero-order valence-corrected chi connectivity index (χ0v) is 11.0. The lowest BCUT2D eigenvalue weighted by atomic mass is 10.1. The van der Waals surface area contributed by atoms with Crippen molar-refractivity contribution in [1.29, 1.82) is 0 Å². The highest BCUT2D eigenvalue weighted by molar-refractivity contribution is 5.91. The summed E-state index contributed by atoms with van der Waals surface area (Å²) in [6, 6.07) is 5.29. The van der Waals surface area contributed by atoms with E-state index in [9.17, 15) is 4.79 Å². The van der Waals surface area contributed by atoms with Gasteiger partial charge in [-0.05, 0) is 18.1 Å². The number of aromatic amines is 1. The zero-order chi connectivity index (χ0) is 13.8. The number of nitrogens with one attached hydrogen (secondary N) is 2. The molecule has 0 aromatic carbocycles. The number of aromatic nitrogens is 3. The Balaban J connectivity index is 1.95. The minimum absolute atomic E-state index is 0.154. The zero-order valence-electron chi connectivity index (χ0n) is 11.0. The van der Waals surface area contributed by atoms with Crippen molar-refractivity contribution in [2.24, 2.45) is 0 Å². The maximum Gasteiger partial charge on any atom is 0.231 e. The van der Waals surface area contributed by atoms with Crippen LogP contribution in [0, 0.1) is 0 Å². The van der Waals surface area contributed by atoms with Gasteiger partial charge in [-0.15, -0.1) is 0 Å². The second-order valence-corrected chi connectivity index (χ2v) is 4.67. The van der Waals surface area contributed by atoms with Crippen LogP contribution in [-0.2, 0) is 11.2 Å². The average Bonchev–Trinajstić information content (AvgIpc) is 2.80. The van der Waals surface area contributed by atoms with E-state index in [2.05, 4.69) is 34.3 Å². The van der Waals surface area contributed by atoms with Gasteiger partial charge in [-0.1, -0.05) is 13.8 Å². The number of hydrogen-bond acceptors (Lipinski definition) is 4. The fraction of sp³-hybridized carbons (Fsp3) is 0.308. The van der Waals surface area contributed by atoms with Crippen LogP contribution < -0.4 is 11.1 Å². The standard InChI is InChI=1S/C13H17N5O/c1-8(2)11-6-12(18-17-11)16-13(19)5-10-4-3-9(14)7-15-10/h3-4,6-8H,5,14H2,1-2H3,(H2,16,17,18,19). The Morgan fingerprint density at radius 1 is 1.47 bits per heavy atom. The molecule has 2 aromatic rings. The summed E-state index contributed by atoms with van der Waals surface area (Å²) in [6.45, 7) is 4.11. The summed E-state index contributed by atoms with van der Waals surface area (Å²) in [5.41, 5.74) is 7.78. The fourth-order valence-electron chi connectivity index (χ4n) is 1.59. The van der Waals surface area contributed by atoms with Gasteiger partial charge >= 0.3 is 0 Å². The summed E-state index contributed by atoms with van der Waals surface area (Å²) >= 11 is 0. The molecule has 0 saturated carbocycles. The molecule has 4 N–H and O–H groups in total. The Labute approximate surface area is 111 Å². The van der Waals surface area contributed by atoms with Crippen molar-refractivity contribution in [3.8, 4) is 0 Å². The summed E-state index contributed by atoms with van der Waals surface area (Å²) in [6.07, 6.45) is 1.73. The lowest BCUT2D eigenvalue weighted by molar-refractivity contribution is -0.115. The van der Waals surface area contributed by atoms with E-state index in [0.717, 1.165) is 5.69 Å². The minimum atomic E-state index is -0.154. The monoisotopic (exact) mass is 259 g/mol. The fourth-order valence-corrected chi connectivity index (χ4v) is 1.59. The summed E-state index contributed by atoms with van der Waals surface area (Å²) in [4.78, 5) is 15.9. The first-order valence-electron chi connectivity index (χ1n) is 6.10. The van der Waals surface area contributed by atoms with Crippen LogP contribution in [0.25, 0.3) is 0 Å². The molecule has 2 heterocycles. The maximum atomic E-state index is 11.8. The molecule has 0 bridgehead atoms. The number of nitrogens with two attached hydrogens (primary N) is 1. The third-order valence-electron chi connectivity index (χ3n) is 2.68. The van der Waals surface area contributed by atoms with Crippen LogP contribution in [0.3, 0.4) is 0 Å². The topological polar surface area (TPSA) is 96.7 Å².